The van der Waals surface area contributed by atoms with Crippen molar-refractivity contribution in [2.45, 2.75) is 6.54 Å². The van der Waals surface area contributed by atoms with E-state index in [-0.39, 0.29) is 0 Å². The van der Waals surface area contributed by atoms with Gasteiger partial charge in [-0.15, -0.1) is 0 Å². The lowest BCUT2D eigenvalue weighted by atomic mass is 10.2. The quantitative estimate of drug-likeness (QED) is 0.606. The van der Waals surface area contributed by atoms with E-state index < -0.39 is 0 Å². The first-order valence-corrected chi connectivity index (χ1v) is 7.30. The average molecular weight is 308 g/mol. The lowest BCUT2D eigenvalue weighted by molar-refractivity contribution is 0.625. The van der Waals surface area contributed by atoms with Crippen molar-refractivity contribution < 1.29 is 0 Å². The lowest BCUT2D eigenvalue weighted by Gasteiger charge is -2.05. The molecule has 116 valence electrons. The average Bonchev–Trinajstić information content (AvgIpc) is 3.26. The second-order valence-electron chi connectivity index (χ2n) is 5.30. The minimum absolute atomic E-state index is 0.546. The van der Waals surface area contributed by atoms with E-state index in [0.717, 1.165) is 28.3 Å². The summed E-state index contributed by atoms with van der Waals surface area (Å²) in [7, 11) is 1.88. The van der Waals surface area contributed by atoms with Crippen LogP contribution in [0.25, 0.3) is 28.3 Å². The van der Waals surface area contributed by atoms with E-state index in [9.17, 15) is 0 Å². The van der Waals surface area contributed by atoms with Crippen LogP contribution in [0.3, 0.4) is 0 Å². The molecule has 0 aliphatic heterocycles. The monoisotopic (exact) mass is 308 g/mol. The molecule has 4 rings (SSSR count). The third-order valence-electron chi connectivity index (χ3n) is 3.64. The first kappa shape index (κ1) is 13.6. The van der Waals surface area contributed by atoms with Crippen molar-refractivity contribution in [1.82, 2.24) is 33.9 Å². The zero-order valence-corrected chi connectivity index (χ0v) is 12.7. The van der Waals surface area contributed by atoms with Gasteiger partial charge in [-0.3, -0.25) is 13.8 Å². The highest BCUT2D eigenvalue weighted by molar-refractivity contribution is 5.68. The number of fused-ring (bicyclic) bond motifs is 1. The fraction of sp³-hybridized carbons (Fsp3) is 0.200. The van der Waals surface area contributed by atoms with Gasteiger partial charge < -0.3 is 5.73 Å². The summed E-state index contributed by atoms with van der Waals surface area (Å²) in [4.78, 5) is 9.17. The molecule has 0 saturated heterocycles. The van der Waals surface area contributed by atoms with Gasteiger partial charge in [-0.05, 0) is 0 Å². The van der Waals surface area contributed by atoms with Gasteiger partial charge in [0.1, 0.15) is 11.5 Å². The summed E-state index contributed by atoms with van der Waals surface area (Å²) in [5, 5.41) is 8.54. The van der Waals surface area contributed by atoms with Crippen molar-refractivity contribution in [3.8, 4) is 22.6 Å². The smallest absolute Gasteiger partial charge is 0.149 e. The Morgan fingerprint density at radius 1 is 1.13 bits per heavy atom. The molecule has 8 heteroatoms. The van der Waals surface area contributed by atoms with Crippen molar-refractivity contribution in [2.75, 3.05) is 6.54 Å². The number of hydrogen-bond acceptors (Lipinski definition) is 5. The molecule has 0 unspecified atom stereocenters. The van der Waals surface area contributed by atoms with Crippen LogP contribution in [0.4, 0.5) is 0 Å². The summed E-state index contributed by atoms with van der Waals surface area (Å²) >= 11 is 0. The molecule has 4 aromatic heterocycles. The number of rotatable bonds is 4. The summed E-state index contributed by atoms with van der Waals surface area (Å²) in [6.07, 6.45) is 11.1. The Hall–Kier alpha value is -3.00. The van der Waals surface area contributed by atoms with Gasteiger partial charge in [-0.1, -0.05) is 0 Å². The molecule has 4 heterocycles. The van der Waals surface area contributed by atoms with Crippen LogP contribution >= 0.6 is 0 Å². The van der Waals surface area contributed by atoms with E-state index in [1.807, 2.05) is 40.8 Å². The standard InChI is InChI=1S/C15H16N8/c1-21-9-11(7-18-21)13-6-14-17-3-5-23(14)15(20-13)12-8-19-22(10-12)4-2-16/h3,5-10H,2,4,16H2,1H3. The Morgan fingerprint density at radius 3 is 2.78 bits per heavy atom. The maximum atomic E-state index is 5.58. The number of aromatic nitrogens is 7. The van der Waals surface area contributed by atoms with E-state index in [2.05, 4.69) is 15.2 Å². The molecular formula is C15H16N8. The fourth-order valence-corrected chi connectivity index (χ4v) is 2.56. The lowest BCUT2D eigenvalue weighted by Crippen LogP contribution is -2.09. The summed E-state index contributed by atoms with van der Waals surface area (Å²) in [5.74, 6) is 0.794. The van der Waals surface area contributed by atoms with E-state index in [4.69, 9.17) is 10.7 Å². The number of aryl methyl sites for hydroxylation is 1. The van der Waals surface area contributed by atoms with E-state index in [1.165, 1.54) is 0 Å². The van der Waals surface area contributed by atoms with E-state index in [0.29, 0.717) is 13.1 Å². The third-order valence-corrected chi connectivity index (χ3v) is 3.64. The first-order valence-electron chi connectivity index (χ1n) is 7.30. The molecule has 0 fully saturated rings. The molecular weight excluding hydrogens is 292 g/mol. The van der Waals surface area contributed by atoms with E-state index in [1.54, 1.807) is 23.3 Å². The summed E-state index contributed by atoms with van der Waals surface area (Å²) < 4.78 is 5.52. The van der Waals surface area contributed by atoms with Gasteiger partial charge in [0.15, 0.2) is 0 Å². The number of nitrogens with zero attached hydrogens (tertiary/aromatic N) is 7. The Balaban J connectivity index is 1.88. The van der Waals surface area contributed by atoms with Crippen LogP contribution in [-0.2, 0) is 13.6 Å². The molecule has 0 aliphatic rings. The molecule has 0 radical (unpaired) electrons. The topological polar surface area (TPSA) is 91.9 Å². The van der Waals surface area contributed by atoms with Gasteiger partial charge in [-0.25, -0.2) is 9.97 Å². The second kappa shape index (κ2) is 5.33. The highest BCUT2D eigenvalue weighted by Crippen LogP contribution is 2.24. The van der Waals surface area contributed by atoms with Crippen LogP contribution in [-0.4, -0.2) is 40.5 Å². The molecule has 2 N–H and O–H groups in total. The molecule has 0 aliphatic carbocycles. The Kier molecular flexibility index (Phi) is 3.16. The number of nitrogens with two attached hydrogens (primary N) is 1. The van der Waals surface area contributed by atoms with Gasteiger partial charge in [0, 0.05) is 50.0 Å². The van der Waals surface area contributed by atoms with Crippen LogP contribution in [0.1, 0.15) is 0 Å². The van der Waals surface area contributed by atoms with Gasteiger partial charge >= 0.3 is 0 Å². The Bertz CT molecular complexity index is 961. The van der Waals surface area contributed by atoms with Crippen LogP contribution in [0.5, 0.6) is 0 Å². The molecule has 0 spiro atoms. The first-order chi connectivity index (χ1) is 11.2. The highest BCUT2D eigenvalue weighted by atomic mass is 15.3. The second-order valence-corrected chi connectivity index (χ2v) is 5.30. The molecule has 23 heavy (non-hydrogen) atoms. The summed E-state index contributed by atoms with van der Waals surface area (Å²) in [6, 6.07) is 1.95. The van der Waals surface area contributed by atoms with Crippen LogP contribution in [0.15, 0.2) is 43.2 Å². The Labute approximate surface area is 132 Å². The molecule has 0 saturated carbocycles. The van der Waals surface area contributed by atoms with Gasteiger partial charge in [0.2, 0.25) is 0 Å². The van der Waals surface area contributed by atoms with Gasteiger partial charge in [0.05, 0.1) is 30.2 Å². The molecule has 0 amide bonds. The van der Waals surface area contributed by atoms with Crippen LogP contribution < -0.4 is 5.73 Å². The highest BCUT2D eigenvalue weighted by Gasteiger charge is 2.12. The molecule has 0 bridgehead atoms. The maximum absolute atomic E-state index is 5.58. The van der Waals surface area contributed by atoms with Crippen molar-refractivity contribution >= 4 is 5.65 Å². The third kappa shape index (κ3) is 2.38. The van der Waals surface area contributed by atoms with Crippen molar-refractivity contribution in [3.63, 3.8) is 0 Å². The molecule has 4 aromatic rings. The zero-order valence-electron chi connectivity index (χ0n) is 12.7. The predicted molar refractivity (Wildman–Crippen MR) is 85.5 cm³/mol. The van der Waals surface area contributed by atoms with Crippen molar-refractivity contribution in [1.29, 1.82) is 0 Å². The molecule has 0 atom stereocenters. The van der Waals surface area contributed by atoms with Gasteiger partial charge in [0.25, 0.3) is 0 Å². The summed E-state index contributed by atoms with van der Waals surface area (Å²) in [5.41, 5.74) is 9.13. The normalized spacial score (nSPS) is 11.4. The minimum Gasteiger partial charge on any atom is -0.329 e. The SMILES string of the molecule is Cn1cc(-c2cc3nccn3c(-c3cnn(CCN)c3)n2)cn1. The van der Waals surface area contributed by atoms with Crippen molar-refractivity contribution in [3.05, 3.63) is 43.2 Å². The maximum Gasteiger partial charge on any atom is 0.149 e. The summed E-state index contributed by atoms with van der Waals surface area (Å²) in [6.45, 7) is 1.22. The zero-order chi connectivity index (χ0) is 15.8. The molecule has 0 aromatic carbocycles. The van der Waals surface area contributed by atoms with Crippen LogP contribution in [0, 0.1) is 0 Å². The predicted octanol–water partition coefficient (Wildman–Crippen LogP) is 0.952. The van der Waals surface area contributed by atoms with Crippen LogP contribution in [0.2, 0.25) is 0 Å². The van der Waals surface area contributed by atoms with Gasteiger partial charge in [-0.2, -0.15) is 10.2 Å². The Morgan fingerprint density at radius 2 is 2.00 bits per heavy atom. The number of hydrogen-bond donors (Lipinski definition) is 1. The van der Waals surface area contributed by atoms with Crippen molar-refractivity contribution in [2.24, 2.45) is 12.8 Å². The fourth-order valence-electron chi connectivity index (χ4n) is 2.56. The molecule has 8 nitrogen and oxygen atoms in total. The number of imidazole rings is 1. The van der Waals surface area contributed by atoms with E-state index >= 15 is 0 Å². The minimum atomic E-state index is 0.546. The largest absolute Gasteiger partial charge is 0.329 e.